The molecule has 1 atom stereocenters. The minimum atomic E-state index is -4.25. The normalized spacial score (nSPS) is 14.4. The van der Waals surface area contributed by atoms with Crippen LogP contribution in [-0.4, -0.2) is 51.3 Å². The molecule has 0 amide bonds. The van der Waals surface area contributed by atoms with E-state index in [1.807, 2.05) is 0 Å². The first kappa shape index (κ1) is 20.8. The van der Waals surface area contributed by atoms with Crippen molar-refractivity contribution in [3.05, 3.63) is 29.8 Å². The minimum Gasteiger partial charge on any atom is -0.370 e. The number of halogens is 4. The van der Waals surface area contributed by atoms with Gasteiger partial charge in [0.25, 0.3) is 0 Å². The molecule has 0 bridgehead atoms. The molecular weight excluding hydrogens is 352 g/mol. The summed E-state index contributed by atoms with van der Waals surface area (Å²) in [7, 11) is -2.44. The Morgan fingerprint density at radius 2 is 1.96 bits per heavy atom. The number of hydrogen-bond acceptors (Lipinski definition) is 4. The number of nitrogens with zero attached hydrogens (tertiary/aromatic N) is 1. The topological polar surface area (TPSA) is 72.6 Å². The fourth-order valence-corrected chi connectivity index (χ4v) is 3.16. The third-order valence-corrected chi connectivity index (χ3v) is 5.39. The third kappa shape index (κ3) is 5.13. The molecule has 10 heteroatoms. The van der Waals surface area contributed by atoms with Gasteiger partial charge in [-0.2, -0.15) is 13.1 Å². The van der Waals surface area contributed by atoms with Crippen LogP contribution in [0.15, 0.2) is 29.2 Å². The van der Waals surface area contributed by atoms with Crippen LogP contribution in [0.5, 0.6) is 0 Å². The lowest BCUT2D eigenvalue weighted by atomic mass is 10.2. The largest absolute Gasteiger partial charge is 0.370 e. The average Bonchev–Trinajstić information content (AvgIpc) is 2.53. The number of alkyl halides is 4. The van der Waals surface area contributed by atoms with Gasteiger partial charge in [-0.1, -0.05) is 12.1 Å². The molecule has 0 heterocycles. The Labute approximate surface area is 138 Å². The van der Waals surface area contributed by atoms with Crippen molar-refractivity contribution < 1.29 is 30.7 Å². The van der Waals surface area contributed by atoms with Gasteiger partial charge in [0.2, 0.25) is 10.0 Å². The first-order valence-corrected chi connectivity index (χ1v) is 8.47. The van der Waals surface area contributed by atoms with E-state index < -0.39 is 41.6 Å². The third-order valence-electron chi connectivity index (χ3n) is 3.42. The zero-order valence-electron chi connectivity index (χ0n) is 13.3. The van der Waals surface area contributed by atoms with Crippen LogP contribution in [0.2, 0.25) is 0 Å². The lowest BCUT2D eigenvalue weighted by Crippen LogP contribution is -2.39. The van der Waals surface area contributed by atoms with Crippen LogP contribution < -0.4 is 5.73 Å². The second-order valence-electron chi connectivity index (χ2n) is 5.31. The molecule has 0 aliphatic carbocycles. The summed E-state index contributed by atoms with van der Waals surface area (Å²) in [5, 5.41) is 0. The van der Waals surface area contributed by atoms with Gasteiger partial charge in [0.1, 0.15) is 6.61 Å². The molecule has 0 saturated heterocycles. The van der Waals surface area contributed by atoms with Gasteiger partial charge in [0.15, 0.2) is 0 Å². The highest BCUT2D eigenvalue weighted by Gasteiger charge is 2.40. The predicted molar refractivity (Wildman–Crippen MR) is 80.5 cm³/mol. The predicted octanol–water partition coefficient (Wildman–Crippen LogP) is 2.07. The van der Waals surface area contributed by atoms with Crippen molar-refractivity contribution in [1.29, 1.82) is 0 Å². The van der Waals surface area contributed by atoms with Crippen LogP contribution in [0.25, 0.3) is 0 Å². The van der Waals surface area contributed by atoms with Crippen LogP contribution >= 0.6 is 0 Å². The number of ether oxygens (including phenoxy) is 1. The number of sulfonamides is 1. The summed E-state index contributed by atoms with van der Waals surface area (Å²) >= 11 is 0. The van der Waals surface area contributed by atoms with Gasteiger partial charge in [-0.25, -0.2) is 17.2 Å². The zero-order valence-corrected chi connectivity index (χ0v) is 14.1. The second-order valence-corrected chi connectivity index (χ2v) is 7.31. The summed E-state index contributed by atoms with van der Waals surface area (Å²) in [6, 6.07) is 5.02. The van der Waals surface area contributed by atoms with E-state index in [4.69, 9.17) is 5.73 Å². The Balaban J connectivity index is 2.84. The van der Waals surface area contributed by atoms with E-state index in [2.05, 4.69) is 4.74 Å². The first-order chi connectivity index (χ1) is 11.0. The molecule has 1 unspecified atom stereocenters. The van der Waals surface area contributed by atoms with Gasteiger partial charge in [-0.3, -0.25) is 0 Å². The summed E-state index contributed by atoms with van der Waals surface area (Å²) < 4.78 is 80.1. The van der Waals surface area contributed by atoms with Gasteiger partial charge in [-0.15, -0.1) is 0 Å². The van der Waals surface area contributed by atoms with Crippen LogP contribution in [0.3, 0.4) is 0 Å². The SMILES string of the molecule is CC(CN)N(C)S(=O)(=O)c1cccc(COCC(F)(F)C(F)F)c1. The maximum Gasteiger partial charge on any atom is 0.330 e. The van der Waals surface area contributed by atoms with E-state index in [1.54, 1.807) is 6.92 Å². The summed E-state index contributed by atoms with van der Waals surface area (Å²) in [6.07, 6.45) is -3.82. The van der Waals surface area contributed by atoms with Gasteiger partial charge in [0.05, 0.1) is 11.5 Å². The highest BCUT2D eigenvalue weighted by atomic mass is 32.2. The van der Waals surface area contributed by atoms with E-state index in [9.17, 15) is 26.0 Å². The summed E-state index contributed by atoms with van der Waals surface area (Å²) in [5.74, 6) is -4.25. The fraction of sp³-hybridized carbons (Fsp3) is 0.571. The Kier molecular flexibility index (Phi) is 7.14. The second kappa shape index (κ2) is 8.24. The monoisotopic (exact) mass is 372 g/mol. The highest BCUT2D eigenvalue weighted by Crippen LogP contribution is 2.24. The van der Waals surface area contributed by atoms with Crippen LogP contribution in [0.4, 0.5) is 17.6 Å². The molecule has 1 aromatic rings. The average molecular weight is 372 g/mol. The molecule has 0 saturated carbocycles. The van der Waals surface area contributed by atoms with Gasteiger partial charge >= 0.3 is 12.3 Å². The summed E-state index contributed by atoms with van der Waals surface area (Å²) in [6.45, 7) is -0.105. The molecule has 2 N–H and O–H groups in total. The molecule has 1 aromatic carbocycles. The Morgan fingerprint density at radius 1 is 1.33 bits per heavy atom. The standard InChI is InChI=1S/C14H20F4N2O3S/c1-10(7-19)20(2)24(21,22)12-5-3-4-11(6-12)8-23-9-14(17,18)13(15)16/h3-6,10,13H,7-9,19H2,1-2H3. The molecule has 0 aromatic heterocycles. The van der Waals surface area contributed by atoms with Gasteiger partial charge in [0, 0.05) is 19.6 Å². The van der Waals surface area contributed by atoms with Crippen molar-refractivity contribution in [2.45, 2.75) is 36.8 Å². The molecule has 0 radical (unpaired) electrons. The van der Waals surface area contributed by atoms with E-state index in [0.717, 1.165) is 4.31 Å². The molecular formula is C14H20F4N2O3S. The highest BCUT2D eigenvalue weighted by molar-refractivity contribution is 7.89. The number of rotatable bonds is 9. The minimum absolute atomic E-state index is 0.0629. The van der Waals surface area contributed by atoms with Crippen LogP contribution in [-0.2, 0) is 21.4 Å². The van der Waals surface area contributed by atoms with Crippen molar-refractivity contribution in [1.82, 2.24) is 4.31 Å². The van der Waals surface area contributed by atoms with Gasteiger partial charge < -0.3 is 10.5 Å². The maximum absolute atomic E-state index is 12.8. The van der Waals surface area contributed by atoms with Crippen LogP contribution in [0, 0.1) is 0 Å². The molecule has 0 aliphatic rings. The summed E-state index contributed by atoms with van der Waals surface area (Å²) in [5.41, 5.74) is 5.72. The van der Waals surface area contributed by atoms with Crippen molar-refractivity contribution >= 4 is 10.0 Å². The Hall–Kier alpha value is -1.23. The lowest BCUT2D eigenvalue weighted by molar-refractivity contribution is -0.168. The molecule has 0 aliphatic heterocycles. The van der Waals surface area contributed by atoms with Crippen molar-refractivity contribution in [3.8, 4) is 0 Å². The molecule has 0 fully saturated rings. The Bertz CT molecular complexity index is 641. The maximum atomic E-state index is 12.8. The van der Waals surface area contributed by atoms with E-state index in [-0.39, 0.29) is 17.0 Å². The number of hydrogen-bond donors (Lipinski definition) is 1. The number of benzene rings is 1. The summed E-state index contributed by atoms with van der Waals surface area (Å²) in [4.78, 5) is -0.0629. The van der Waals surface area contributed by atoms with Crippen molar-refractivity contribution in [2.24, 2.45) is 5.73 Å². The molecule has 5 nitrogen and oxygen atoms in total. The first-order valence-electron chi connectivity index (χ1n) is 7.03. The molecule has 24 heavy (non-hydrogen) atoms. The zero-order chi connectivity index (χ0) is 18.5. The van der Waals surface area contributed by atoms with E-state index >= 15 is 0 Å². The van der Waals surface area contributed by atoms with Crippen LogP contribution in [0.1, 0.15) is 12.5 Å². The van der Waals surface area contributed by atoms with Crippen molar-refractivity contribution in [2.75, 3.05) is 20.2 Å². The number of likely N-dealkylation sites (N-methyl/N-ethyl adjacent to an activating group) is 1. The van der Waals surface area contributed by atoms with E-state index in [1.165, 1.54) is 31.3 Å². The molecule has 0 spiro atoms. The fourth-order valence-electron chi connectivity index (χ4n) is 1.72. The van der Waals surface area contributed by atoms with Gasteiger partial charge in [-0.05, 0) is 24.6 Å². The lowest BCUT2D eigenvalue weighted by Gasteiger charge is -2.23. The van der Waals surface area contributed by atoms with E-state index in [0.29, 0.717) is 0 Å². The quantitative estimate of drug-likeness (QED) is 0.674. The smallest absolute Gasteiger partial charge is 0.330 e. The molecule has 1 rings (SSSR count). The molecule has 138 valence electrons. The van der Waals surface area contributed by atoms with Crippen molar-refractivity contribution in [3.63, 3.8) is 0 Å². The number of nitrogens with two attached hydrogens (primary N) is 1. The Morgan fingerprint density at radius 3 is 2.50 bits per heavy atom.